The fraction of sp³-hybridized carbons (Fsp3) is 0.889. The zero-order chi connectivity index (χ0) is 6.72. The van der Waals surface area contributed by atoms with E-state index in [0.717, 1.165) is 24.2 Å². The van der Waals surface area contributed by atoms with Crippen molar-refractivity contribution >= 4 is 5.78 Å². The topological polar surface area (TPSA) is 17.1 Å². The zero-order valence-electron chi connectivity index (χ0n) is 6.05. The van der Waals surface area contributed by atoms with Gasteiger partial charge in [-0.1, -0.05) is 0 Å². The Bertz CT molecular complexity index is 195. The van der Waals surface area contributed by atoms with Gasteiger partial charge in [-0.3, -0.25) is 4.79 Å². The molecule has 1 nitrogen and oxygen atoms in total. The molecule has 4 unspecified atom stereocenters. The molecule has 0 aromatic heterocycles. The van der Waals surface area contributed by atoms with Crippen molar-refractivity contribution in [1.82, 2.24) is 0 Å². The van der Waals surface area contributed by atoms with Crippen molar-refractivity contribution in [1.29, 1.82) is 0 Å². The van der Waals surface area contributed by atoms with Crippen molar-refractivity contribution in [2.24, 2.45) is 23.7 Å². The molecule has 0 N–H and O–H groups in total. The highest BCUT2D eigenvalue weighted by Gasteiger charge is 2.53. The second-order valence-electron chi connectivity index (χ2n) is 4.26. The van der Waals surface area contributed by atoms with E-state index < -0.39 is 0 Å². The molecule has 0 radical (unpaired) electrons. The molecule has 3 saturated carbocycles. The summed E-state index contributed by atoms with van der Waals surface area (Å²) >= 11 is 0. The fourth-order valence-electron chi connectivity index (χ4n) is 3.30. The molecular formula is C9H12O. The minimum absolute atomic E-state index is 0.508. The van der Waals surface area contributed by atoms with Gasteiger partial charge in [0, 0.05) is 12.3 Å². The number of ketones is 1. The van der Waals surface area contributed by atoms with Gasteiger partial charge >= 0.3 is 0 Å². The van der Waals surface area contributed by atoms with E-state index in [-0.39, 0.29) is 0 Å². The van der Waals surface area contributed by atoms with Crippen LogP contribution in [0.25, 0.3) is 0 Å². The summed E-state index contributed by atoms with van der Waals surface area (Å²) in [6.45, 7) is 0. The third-order valence-electron chi connectivity index (χ3n) is 3.88. The van der Waals surface area contributed by atoms with E-state index in [4.69, 9.17) is 0 Å². The Hall–Kier alpha value is -0.330. The summed E-state index contributed by atoms with van der Waals surface area (Å²) in [5.74, 6) is 3.88. The second kappa shape index (κ2) is 1.46. The van der Waals surface area contributed by atoms with Crippen LogP contribution in [0.1, 0.15) is 25.7 Å². The van der Waals surface area contributed by atoms with Crippen LogP contribution in [0.15, 0.2) is 0 Å². The molecule has 3 rings (SSSR count). The third kappa shape index (κ3) is 0.446. The van der Waals surface area contributed by atoms with Crippen molar-refractivity contribution in [3.8, 4) is 0 Å². The maximum atomic E-state index is 11.3. The standard InChI is InChI=1S/C9H12O/c10-9-4-6-1-5-2-7(9)3-8(5)6/h5-8H,1-4H2. The molecule has 0 aromatic carbocycles. The largest absolute Gasteiger partial charge is 0.299 e. The summed E-state index contributed by atoms with van der Waals surface area (Å²) in [6.07, 6.45) is 4.83. The van der Waals surface area contributed by atoms with Crippen LogP contribution in [0, 0.1) is 23.7 Å². The number of rotatable bonds is 0. The van der Waals surface area contributed by atoms with Crippen molar-refractivity contribution < 1.29 is 4.79 Å². The third-order valence-corrected chi connectivity index (χ3v) is 3.88. The second-order valence-corrected chi connectivity index (χ2v) is 4.26. The van der Waals surface area contributed by atoms with Gasteiger partial charge in [-0.15, -0.1) is 0 Å². The first-order chi connectivity index (χ1) is 4.84. The maximum Gasteiger partial charge on any atom is 0.136 e. The summed E-state index contributed by atoms with van der Waals surface area (Å²) < 4.78 is 0. The molecule has 0 aromatic rings. The van der Waals surface area contributed by atoms with Gasteiger partial charge in [0.1, 0.15) is 5.78 Å². The summed E-state index contributed by atoms with van der Waals surface area (Å²) in [7, 11) is 0. The summed E-state index contributed by atoms with van der Waals surface area (Å²) in [5.41, 5.74) is 0. The smallest absolute Gasteiger partial charge is 0.136 e. The van der Waals surface area contributed by atoms with Gasteiger partial charge in [0.2, 0.25) is 0 Å². The Kier molecular flexibility index (Phi) is 0.781. The number of carbonyl (C=O) groups is 1. The molecule has 1 heteroatoms. The molecule has 54 valence electrons. The maximum absolute atomic E-state index is 11.3. The van der Waals surface area contributed by atoms with E-state index in [9.17, 15) is 4.79 Å². The van der Waals surface area contributed by atoms with Crippen molar-refractivity contribution in [2.45, 2.75) is 25.7 Å². The minimum atomic E-state index is 0.508. The van der Waals surface area contributed by atoms with Gasteiger partial charge in [-0.05, 0) is 37.0 Å². The Morgan fingerprint density at radius 1 is 1.10 bits per heavy atom. The van der Waals surface area contributed by atoms with Gasteiger partial charge in [-0.25, -0.2) is 0 Å². The monoisotopic (exact) mass is 136 g/mol. The number of hydrogen-bond donors (Lipinski definition) is 0. The lowest BCUT2D eigenvalue weighted by molar-refractivity contribution is -0.126. The highest BCUT2D eigenvalue weighted by atomic mass is 16.1. The number of carbonyl (C=O) groups excluding carboxylic acids is 1. The molecule has 4 atom stereocenters. The molecule has 0 saturated heterocycles. The Morgan fingerprint density at radius 3 is 2.90 bits per heavy atom. The molecule has 0 heterocycles. The van der Waals surface area contributed by atoms with E-state index in [2.05, 4.69) is 0 Å². The number of fused-ring (bicyclic) bond motifs is 1. The average molecular weight is 136 g/mol. The van der Waals surface area contributed by atoms with Gasteiger partial charge in [-0.2, -0.15) is 0 Å². The SMILES string of the molecule is O=C1CC2CC3CC1CC23. The Balaban J connectivity index is 1.99. The zero-order valence-corrected chi connectivity index (χ0v) is 6.05. The molecular weight excluding hydrogens is 124 g/mol. The lowest BCUT2D eigenvalue weighted by Gasteiger charge is -2.41. The molecule has 3 fully saturated rings. The highest BCUT2D eigenvalue weighted by molar-refractivity contribution is 5.83. The van der Waals surface area contributed by atoms with Crippen LogP contribution < -0.4 is 0 Å². The van der Waals surface area contributed by atoms with Crippen LogP contribution in [0.3, 0.4) is 0 Å². The van der Waals surface area contributed by atoms with Crippen molar-refractivity contribution in [2.75, 3.05) is 0 Å². The van der Waals surface area contributed by atoms with E-state index in [1.54, 1.807) is 0 Å². The van der Waals surface area contributed by atoms with E-state index >= 15 is 0 Å². The minimum Gasteiger partial charge on any atom is -0.299 e. The molecule has 3 aliphatic rings. The van der Waals surface area contributed by atoms with Gasteiger partial charge in [0.15, 0.2) is 0 Å². The molecule has 0 spiro atoms. The molecule has 2 bridgehead atoms. The van der Waals surface area contributed by atoms with Crippen LogP contribution in [0.5, 0.6) is 0 Å². The van der Waals surface area contributed by atoms with Crippen LogP contribution >= 0.6 is 0 Å². The molecule has 3 aliphatic carbocycles. The number of Topliss-reactive ketones (excluding diaryl/α,β-unsaturated/α-hetero) is 1. The summed E-state index contributed by atoms with van der Waals surface area (Å²) in [4.78, 5) is 11.3. The first-order valence-corrected chi connectivity index (χ1v) is 4.37. The summed E-state index contributed by atoms with van der Waals surface area (Å²) in [5, 5.41) is 0. The lowest BCUT2D eigenvalue weighted by Crippen LogP contribution is -2.35. The fourth-order valence-corrected chi connectivity index (χ4v) is 3.30. The van der Waals surface area contributed by atoms with Crippen molar-refractivity contribution in [3.63, 3.8) is 0 Å². The van der Waals surface area contributed by atoms with Crippen LogP contribution in [0.2, 0.25) is 0 Å². The Labute approximate surface area is 60.8 Å². The van der Waals surface area contributed by atoms with E-state index in [1.807, 2.05) is 0 Å². The predicted molar refractivity (Wildman–Crippen MR) is 37.4 cm³/mol. The average Bonchev–Trinajstić information content (AvgIpc) is 2.04. The van der Waals surface area contributed by atoms with Gasteiger partial charge < -0.3 is 0 Å². The lowest BCUT2D eigenvalue weighted by atomic mass is 9.64. The molecule has 0 aliphatic heterocycles. The first kappa shape index (κ1) is 5.34. The first-order valence-electron chi connectivity index (χ1n) is 4.37. The number of hydrogen-bond acceptors (Lipinski definition) is 1. The Morgan fingerprint density at radius 2 is 2.00 bits per heavy atom. The quantitative estimate of drug-likeness (QED) is 0.494. The molecule has 10 heavy (non-hydrogen) atoms. The van der Waals surface area contributed by atoms with Gasteiger partial charge in [0.05, 0.1) is 0 Å². The van der Waals surface area contributed by atoms with Crippen LogP contribution in [0.4, 0.5) is 0 Å². The van der Waals surface area contributed by atoms with E-state index in [0.29, 0.717) is 11.7 Å². The van der Waals surface area contributed by atoms with Crippen LogP contribution in [-0.4, -0.2) is 5.78 Å². The van der Waals surface area contributed by atoms with Crippen molar-refractivity contribution in [3.05, 3.63) is 0 Å². The highest BCUT2D eigenvalue weighted by Crippen LogP contribution is 2.58. The predicted octanol–water partition coefficient (Wildman–Crippen LogP) is 1.62. The van der Waals surface area contributed by atoms with Gasteiger partial charge in [0.25, 0.3) is 0 Å². The van der Waals surface area contributed by atoms with Crippen LogP contribution in [-0.2, 0) is 4.79 Å². The molecule has 0 amide bonds. The normalized spacial score (nSPS) is 56.6. The van der Waals surface area contributed by atoms with E-state index in [1.165, 1.54) is 19.3 Å². The summed E-state index contributed by atoms with van der Waals surface area (Å²) in [6, 6.07) is 0.